The highest BCUT2D eigenvalue weighted by Gasteiger charge is 2.15. The average molecular weight is 382 g/mol. The van der Waals surface area contributed by atoms with Crippen LogP contribution in [0.25, 0.3) is 0 Å². The molecule has 0 aliphatic carbocycles. The summed E-state index contributed by atoms with van der Waals surface area (Å²) in [5, 5.41) is 6.19. The van der Waals surface area contributed by atoms with Gasteiger partial charge in [-0.25, -0.2) is 4.98 Å². The molecule has 0 bridgehead atoms. The van der Waals surface area contributed by atoms with Gasteiger partial charge < -0.3 is 20.4 Å². The van der Waals surface area contributed by atoms with Crippen molar-refractivity contribution >= 4 is 23.1 Å². The first-order valence-electron chi connectivity index (χ1n) is 10.0. The molecule has 1 aliphatic heterocycles. The highest BCUT2D eigenvalue weighted by atomic mass is 16.1. The molecule has 6 nitrogen and oxygen atoms in total. The molecule has 1 aliphatic rings. The van der Waals surface area contributed by atoms with Crippen molar-refractivity contribution in [1.82, 2.24) is 15.2 Å². The van der Waals surface area contributed by atoms with Crippen LogP contribution in [0.15, 0.2) is 42.6 Å². The van der Waals surface area contributed by atoms with E-state index in [4.69, 9.17) is 0 Å². The van der Waals surface area contributed by atoms with Gasteiger partial charge >= 0.3 is 0 Å². The van der Waals surface area contributed by atoms with Gasteiger partial charge in [0.25, 0.3) is 5.91 Å². The summed E-state index contributed by atoms with van der Waals surface area (Å²) in [5.41, 5.74) is 2.83. The van der Waals surface area contributed by atoms with Crippen LogP contribution in [0.2, 0.25) is 0 Å². The van der Waals surface area contributed by atoms with Gasteiger partial charge in [-0.15, -0.1) is 0 Å². The van der Waals surface area contributed by atoms with Gasteiger partial charge in [-0.1, -0.05) is 6.92 Å². The fourth-order valence-corrected chi connectivity index (χ4v) is 3.27. The molecule has 1 amide bonds. The monoisotopic (exact) mass is 381 g/mol. The highest BCUT2D eigenvalue weighted by molar-refractivity contribution is 5.94. The van der Waals surface area contributed by atoms with Crippen LogP contribution in [0.1, 0.15) is 30.1 Å². The molecule has 0 saturated carbocycles. The molecule has 2 aromatic rings. The molecule has 150 valence electrons. The standard InChI is InChI=1S/C22H31N5O/c1-17-10-13-27(14-11-17)20-7-5-19(6-8-20)25-21-9-4-18(16-24-21)22(28)23-12-15-26(2)3/h4-9,16-17H,10-15H2,1-3H3,(H,23,28)(H,24,25). The Kier molecular flexibility index (Phi) is 6.87. The van der Waals surface area contributed by atoms with Crippen molar-refractivity contribution in [3.8, 4) is 0 Å². The van der Waals surface area contributed by atoms with Crippen LogP contribution in [0.3, 0.4) is 0 Å². The van der Waals surface area contributed by atoms with E-state index in [9.17, 15) is 4.79 Å². The second kappa shape index (κ2) is 9.55. The molecule has 0 radical (unpaired) electrons. The lowest BCUT2D eigenvalue weighted by molar-refractivity contribution is 0.0950. The molecule has 2 N–H and O–H groups in total. The molecule has 2 heterocycles. The number of hydrogen-bond donors (Lipinski definition) is 2. The van der Waals surface area contributed by atoms with E-state index >= 15 is 0 Å². The van der Waals surface area contributed by atoms with E-state index in [1.54, 1.807) is 12.3 Å². The summed E-state index contributed by atoms with van der Waals surface area (Å²) in [6.45, 7) is 6.02. The lowest BCUT2D eigenvalue weighted by Crippen LogP contribution is -2.32. The van der Waals surface area contributed by atoms with Gasteiger partial charge in [0.05, 0.1) is 5.56 Å². The first-order valence-corrected chi connectivity index (χ1v) is 10.0. The number of anilines is 3. The van der Waals surface area contributed by atoms with Crippen molar-refractivity contribution in [3.05, 3.63) is 48.2 Å². The summed E-state index contributed by atoms with van der Waals surface area (Å²) in [6, 6.07) is 12.1. The molecule has 0 atom stereocenters. The Morgan fingerprint density at radius 3 is 2.46 bits per heavy atom. The zero-order valence-electron chi connectivity index (χ0n) is 17.1. The van der Waals surface area contributed by atoms with Crippen molar-refractivity contribution in [3.63, 3.8) is 0 Å². The number of hydrogen-bond acceptors (Lipinski definition) is 5. The number of likely N-dealkylation sites (N-methyl/N-ethyl adjacent to an activating group) is 1. The van der Waals surface area contributed by atoms with Gasteiger partial charge in [-0.05, 0) is 69.3 Å². The Balaban J connectivity index is 1.53. The van der Waals surface area contributed by atoms with Gasteiger partial charge in [-0.3, -0.25) is 4.79 Å². The van der Waals surface area contributed by atoms with Gasteiger partial charge in [0.2, 0.25) is 0 Å². The van der Waals surface area contributed by atoms with Gasteiger partial charge in [-0.2, -0.15) is 0 Å². The third-order valence-electron chi connectivity index (χ3n) is 5.16. The Morgan fingerprint density at radius 2 is 1.86 bits per heavy atom. The zero-order valence-corrected chi connectivity index (χ0v) is 17.1. The van der Waals surface area contributed by atoms with E-state index < -0.39 is 0 Å². The van der Waals surface area contributed by atoms with Crippen LogP contribution in [-0.2, 0) is 0 Å². The zero-order chi connectivity index (χ0) is 19.9. The summed E-state index contributed by atoms with van der Waals surface area (Å²) < 4.78 is 0. The van der Waals surface area contributed by atoms with Crippen LogP contribution < -0.4 is 15.5 Å². The largest absolute Gasteiger partial charge is 0.372 e. The van der Waals surface area contributed by atoms with Crippen LogP contribution >= 0.6 is 0 Å². The predicted molar refractivity (Wildman–Crippen MR) is 115 cm³/mol. The molecule has 28 heavy (non-hydrogen) atoms. The number of rotatable bonds is 7. The van der Waals surface area contributed by atoms with Crippen molar-refractivity contribution in [2.24, 2.45) is 5.92 Å². The summed E-state index contributed by atoms with van der Waals surface area (Å²) in [5.74, 6) is 1.46. The number of amides is 1. The van der Waals surface area contributed by atoms with E-state index in [2.05, 4.69) is 51.7 Å². The molecule has 1 aromatic heterocycles. The number of pyridine rings is 1. The van der Waals surface area contributed by atoms with Crippen LogP contribution in [-0.4, -0.2) is 56.1 Å². The Hall–Kier alpha value is -2.60. The average Bonchev–Trinajstić information content (AvgIpc) is 2.69. The maximum absolute atomic E-state index is 12.1. The maximum atomic E-state index is 12.1. The number of carbonyl (C=O) groups excluding carboxylic acids is 1. The van der Waals surface area contributed by atoms with Gasteiger partial charge in [0, 0.05) is 43.8 Å². The molecular weight excluding hydrogens is 350 g/mol. The molecule has 1 saturated heterocycles. The fraction of sp³-hybridized carbons (Fsp3) is 0.455. The van der Waals surface area contributed by atoms with E-state index in [-0.39, 0.29) is 5.91 Å². The third kappa shape index (κ3) is 5.70. The molecular formula is C22H31N5O. The van der Waals surface area contributed by atoms with Gasteiger partial charge in [0.15, 0.2) is 0 Å². The summed E-state index contributed by atoms with van der Waals surface area (Å²) in [7, 11) is 3.96. The molecule has 0 spiro atoms. The second-order valence-electron chi connectivity index (χ2n) is 7.83. The third-order valence-corrected chi connectivity index (χ3v) is 5.16. The van der Waals surface area contributed by atoms with Crippen LogP contribution in [0.4, 0.5) is 17.2 Å². The SMILES string of the molecule is CC1CCN(c2ccc(Nc3ccc(C(=O)NCCN(C)C)cn3)cc2)CC1. The van der Waals surface area contributed by atoms with E-state index in [1.807, 2.05) is 25.1 Å². The van der Waals surface area contributed by atoms with E-state index in [0.29, 0.717) is 12.1 Å². The fourth-order valence-electron chi connectivity index (χ4n) is 3.27. The first kappa shape index (κ1) is 20.1. The Labute approximate surface area is 167 Å². The minimum Gasteiger partial charge on any atom is -0.372 e. The smallest absolute Gasteiger partial charge is 0.252 e. The first-order chi connectivity index (χ1) is 13.5. The number of nitrogens with one attached hydrogen (secondary N) is 2. The van der Waals surface area contributed by atoms with E-state index in [0.717, 1.165) is 37.1 Å². The highest BCUT2D eigenvalue weighted by Crippen LogP contribution is 2.25. The molecule has 1 aromatic carbocycles. The number of piperidine rings is 1. The number of nitrogens with zero attached hydrogens (tertiary/aromatic N) is 3. The van der Waals surface area contributed by atoms with Crippen molar-refractivity contribution < 1.29 is 4.79 Å². The van der Waals surface area contributed by atoms with E-state index in [1.165, 1.54) is 18.5 Å². The normalized spacial score (nSPS) is 14.9. The molecule has 0 unspecified atom stereocenters. The van der Waals surface area contributed by atoms with Crippen molar-refractivity contribution in [2.45, 2.75) is 19.8 Å². The predicted octanol–water partition coefficient (Wildman–Crippen LogP) is 3.35. The molecule has 6 heteroatoms. The Morgan fingerprint density at radius 1 is 1.14 bits per heavy atom. The molecule has 3 rings (SSSR count). The van der Waals surface area contributed by atoms with Crippen LogP contribution in [0, 0.1) is 5.92 Å². The molecule has 1 fully saturated rings. The van der Waals surface area contributed by atoms with Crippen LogP contribution in [0.5, 0.6) is 0 Å². The topological polar surface area (TPSA) is 60.5 Å². The summed E-state index contributed by atoms with van der Waals surface area (Å²) in [6.07, 6.45) is 4.13. The van der Waals surface area contributed by atoms with Gasteiger partial charge in [0.1, 0.15) is 5.82 Å². The quantitative estimate of drug-likeness (QED) is 0.770. The minimum atomic E-state index is -0.0962. The number of aromatic nitrogens is 1. The minimum absolute atomic E-state index is 0.0962. The number of carbonyl (C=O) groups is 1. The summed E-state index contributed by atoms with van der Waals surface area (Å²) >= 11 is 0. The lowest BCUT2D eigenvalue weighted by atomic mass is 9.99. The lowest BCUT2D eigenvalue weighted by Gasteiger charge is -2.32. The van der Waals surface area contributed by atoms with Crippen molar-refractivity contribution in [2.75, 3.05) is 50.5 Å². The second-order valence-corrected chi connectivity index (χ2v) is 7.83. The maximum Gasteiger partial charge on any atom is 0.252 e. The van der Waals surface area contributed by atoms with Crippen molar-refractivity contribution in [1.29, 1.82) is 0 Å². The summed E-state index contributed by atoms with van der Waals surface area (Å²) in [4.78, 5) is 21.0. The number of benzene rings is 1. The Bertz CT molecular complexity index is 750.